The van der Waals surface area contributed by atoms with Gasteiger partial charge in [0.15, 0.2) is 6.29 Å². The highest BCUT2D eigenvalue weighted by Crippen LogP contribution is 2.23. The third kappa shape index (κ3) is 2.65. The average molecular weight is 211 g/mol. The van der Waals surface area contributed by atoms with Crippen LogP contribution in [0.2, 0.25) is 0 Å². The van der Waals surface area contributed by atoms with E-state index in [9.17, 15) is 0 Å². The standard InChI is InChI=1S/C10H17N3O2/c1-12-9(10(14-2)15-3)7-6-13-5-4-8(7)11/h4-6,9-10,12H,1-3H3,(H2,11,13). The Morgan fingerprint density at radius 2 is 2.07 bits per heavy atom. The number of hydrogen-bond donors (Lipinski definition) is 2. The molecule has 1 aromatic rings. The van der Waals surface area contributed by atoms with Crippen LogP contribution in [0.3, 0.4) is 0 Å². The van der Waals surface area contributed by atoms with Crippen molar-refractivity contribution in [3.05, 3.63) is 24.0 Å². The summed E-state index contributed by atoms with van der Waals surface area (Å²) in [5.41, 5.74) is 7.39. The summed E-state index contributed by atoms with van der Waals surface area (Å²) in [5.74, 6) is 0. The van der Waals surface area contributed by atoms with Gasteiger partial charge in [-0.05, 0) is 13.1 Å². The molecule has 5 nitrogen and oxygen atoms in total. The van der Waals surface area contributed by atoms with Crippen molar-refractivity contribution >= 4 is 5.69 Å². The fourth-order valence-electron chi connectivity index (χ4n) is 1.48. The first-order chi connectivity index (χ1) is 7.24. The molecule has 84 valence electrons. The van der Waals surface area contributed by atoms with Crippen molar-refractivity contribution in [1.82, 2.24) is 10.3 Å². The number of anilines is 1. The van der Waals surface area contributed by atoms with Gasteiger partial charge in [0.2, 0.25) is 0 Å². The number of nitrogens with two attached hydrogens (primary N) is 1. The summed E-state index contributed by atoms with van der Waals surface area (Å²) in [6.07, 6.45) is 2.98. The fourth-order valence-corrected chi connectivity index (χ4v) is 1.48. The number of likely N-dealkylation sites (N-methyl/N-ethyl adjacent to an activating group) is 1. The zero-order valence-corrected chi connectivity index (χ0v) is 9.23. The molecule has 1 heterocycles. The molecule has 0 fully saturated rings. The Balaban J connectivity index is 2.96. The first-order valence-electron chi connectivity index (χ1n) is 4.66. The van der Waals surface area contributed by atoms with E-state index in [2.05, 4.69) is 10.3 Å². The largest absolute Gasteiger partial charge is 0.398 e. The number of rotatable bonds is 5. The minimum Gasteiger partial charge on any atom is -0.398 e. The zero-order valence-electron chi connectivity index (χ0n) is 9.23. The molecule has 0 saturated carbocycles. The van der Waals surface area contributed by atoms with E-state index in [0.717, 1.165) is 5.56 Å². The van der Waals surface area contributed by atoms with E-state index in [4.69, 9.17) is 15.2 Å². The van der Waals surface area contributed by atoms with E-state index < -0.39 is 0 Å². The van der Waals surface area contributed by atoms with Crippen LogP contribution in [-0.4, -0.2) is 32.5 Å². The topological polar surface area (TPSA) is 69.4 Å². The number of hydrogen-bond acceptors (Lipinski definition) is 5. The van der Waals surface area contributed by atoms with Gasteiger partial charge in [0.25, 0.3) is 0 Å². The van der Waals surface area contributed by atoms with E-state index in [-0.39, 0.29) is 12.3 Å². The maximum atomic E-state index is 5.85. The molecule has 0 saturated heterocycles. The molecule has 3 N–H and O–H groups in total. The molecule has 15 heavy (non-hydrogen) atoms. The highest BCUT2D eigenvalue weighted by atomic mass is 16.7. The predicted octanol–water partition coefficient (Wildman–Crippen LogP) is 0.543. The Bertz CT molecular complexity index is 302. The highest BCUT2D eigenvalue weighted by Gasteiger charge is 2.22. The van der Waals surface area contributed by atoms with Crippen molar-refractivity contribution < 1.29 is 9.47 Å². The first kappa shape index (κ1) is 11.9. The minimum atomic E-state index is -0.388. The Morgan fingerprint density at radius 3 is 2.53 bits per heavy atom. The van der Waals surface area contributed by atoms with Gasteiger partial charge in [-0.2, -0.15) is 0 Å². The fraction of sp³-hybridized carbons (Fsp3) is 0.500. The summed E-state index contributed by atoms with van der Waals surface area (Å²) in [6, 6.07) is 1.62. The summed E-state index contributed by atoms with van der Waals surface area (Å²) < 4.78 is 10.4. The van der Waals surface area contributed by atoms with Gasteiger partial charge in [-0.15, -0.1) is 0 Å². The number of aromatic nitrogens is 1. The van der Waals surface area contributed by atoms with Gasteiger partial charge in [0.1, 0.15) is 0 Å². The maximum Gasteiger partial charge on any atom is 0.176 e. The van der Waals surface area contributed by atoms with Crippen LogP contribution in [0.25, 0.3) is 0 Å². The lowest BCUT2D eigenvalue weighted by Gasteiger charge is -2.25. The number of nitrogen functional groups attached to an aromatic ring is 1. The molecule has 1 rings (SSSR count). The Morgan fingerprint density at radius 1 is 1.40 bits per heavy atom. The summed E-state index contributed by atoms with van der Waals surface area (Å²) in [4.78, 5) is 4.03. The van der Waals surface area contributed by atoms with Crippen LogP contribution in [0, 0.1) is 0 Å². The molecule has 5 heteroatoms. The molecular weight excluding hydrogens is 194 g/mol. The number of nitrogens with one attached hydrogen (secondary N) is 1. The van der Waals surface area contributed by atoms with Crippen LogP contribution >= 0.6 is 0 Å². The molecule has 1 atom stereocenters. The smallest absolute Gasteiger partial charge is 0.176 e. The van der Waals surface area contributed by atoms with Gasteiger partial charge in [-0.3, -0.25) is 4.98 Å². The van der Waals surface area contributed by atoms with Crippen LogP contribution < -0.4 is 11.1 Å². The number of methoxy groups -OCH3 is 2. The lowest BCUT2D eigenvalue weighted by molar-refractivity contribution is -0.122. The SMILES string of the molecule is CNC(c1cnccc1N)C(OC)OC. The first-order valence-corrected chi connectivity index (χ1v) is 4.66. The van der Waals surface area contributed by atoms with E-state index in [1.807, 2.05) is 7.05 Å². The highest BCUT2D eigenvalue weighted by molar-refractivity contribution is 5.46. The lowest BCUT2D eigenvalue weighted by Crippen LogP contribution is -2.33. The second-order valence-corrected chi connectivity index (χ2v) is 3.11. The van der Waals surface area contributed by atoms with Crippen molar-refractivity contribution in [3.8, 4) is 0 Å². The average Bonchev–Trinajstić information content (AvgIpc) is 2.27. The van der Waals surface area contributed by atoms with Gasteiger partial charge >= 0.3 is 0 Å². The second-order valence-electron chi connectivity index (χ2n) is 3.11. The van der Waals surface area contributed by atoms with Crippen LogP contribution in [0.5, 0.6) is 0 Å². The zero-order chi connectivity index (χ0) is 11.3. The summed E-state index contributed by atoms with van der Waals surface area (Å²) >= 11 is 0. The molecule has 0 aliphatic carbocycles. The third-order valence-corrected chi connectivity index (χ3v) is 2.27. The Labute approximate surface area is 89.6 Å². The van der Waals surface area contributed by atoms with Crippen LogP contribution in [-0.2, 0) is 9.47 Å². The van der Waals surface area contributed by atoms with Gasteiger partial charge < -0.3 is 20.5 Å². The Kier molecular flexibility index (Phi) is 4.48. The maximum absolute atomic E-state index is 5.85. The summed E-state index contributed by atoms with van der Waals surface area (Å²) in [5, 5.41) is 3.09. The molecule has 0 aliphatic heterocycles. The molecule has 0 bridgehead atoms. The summed E-state index contributed by atoms with van der Waals surface area (Å²) in [7, 11) is 5.00. The third-order valence-electron chi connectivity index (χ3n) is 2.27. The molecule has 0 spiro atoms. The van der Waals surface area contributed by atoms with Gasteiger partial charge in [0.05, 0.1) is 6.04 Å². The van der Waals surface area contributed by atoms with Gasteiger partial charge in [-0.25, -0.2) is 0 Å². The van der Waals surface area contributed by atoms with Crippen molar-refractivity contribution in [2.45, 2.75) is 12.3 Å². The second kappa shape index (κ2) is 5.65. The number of nitrogens with zero attached hydrogens (tertiary/aromatic N) is 1. The van der Waals surface area contributed by atoms with Crippen molar-refractivity contribution in [3.63, 3.8) is 0 Å². The van der Waals surface area contributed by atoms with Crippen molar-refractivity contribution in [2.24, 2.45) is 0 Å². The molecule has 0 aromatic carbocycles. The Hall–Kier alpha value is -1.17. The molecule has 1 unspecified atom stereocenters. The van der Waals surface area contributed by atoms with Crippen LogP contribution in [0.1, 0.15) is 11.6 Å². The summed E-state index contributed by atoms with van der Waals surface area (Å²) in [6.45, 7) is 0. The molecule has 0 radical (unpaired) electrons. The minimum absolute atomic E-state index is 0.131. The number of ether oxygens (including phenoxy) is 2. The monoisotopic (exact) mass is 211 g/mol. The quantitative estimate of drug-likeness (QED) is 0.696. The number of pyridine rings is 1. The van der Waals surface area contributed by atoms with Crippen molar-refractivity contribution in [2.75, 3.05) is 27.0 Å². The van der Waals surface area contributed by atoms with Crippen molar-refractivity contribution in [1.29, 1.82) is 0 Å². The lowest BCUT2D eigenvalue weighted by atomic mass is 10.1. The van der Waals surface area contributed by atoms with E-state index >= 15 is 0 Å². The predicted molar refractivity (Wildman–Crippen MR) is 58.3 cm³/mol. The molecule has 0 aliphatic rings. The van der Waals surface area contributed by atoms with E-state index in [0.29, 0.717) is 5.69 Å². The van der Waals surface area contributed by atoms with Gasteiger partial charge in [0, 0.05) is 37.9 Å². The van der Waals surface area contributed by atoms with E-state index in [1.54, 1.807) is 32.7 Å². The van der Waals surface area contributed by atoms with Crippen LogP contribution in [0.15, 0.2) is 18.5 Å². The van der Waals surface area contributed by atoms with Gasteiger partial charge in [-0.1, -0.05) is 0 Å². The molecule has 0 amide bonds. The molecular formula is C10H17N3O2. The molecule has 1 aromatic heterocycles. The normalized spacial score (nSPS) is 13.1. The van der Waals surface area contributed by atoms with Crippen LogP contribution in [0.4, 0.5) is 5.69 Å². The van der Waals surface area contributed by atoms with E-state index in [1.165, 1.54) is 0 Å².